The summed E-state index contributed by atoms with van der Waals surface area (Å²) in [7, 11) is 0. The summed E-state index contributed by atoms with van der Waals surface area (Å²) in [6.45, 7) is 1.79. The number of H-pyrrole nitrogens is 1. The Labute approximate surface area is 161 Å². The first-order valence-corrected chi connectivity index (χ1v) is 8.90. The minimum absolute atomic E-state index is 0.187. The van der Waals surface area contributed by atoms with Gasteiger partial charge in [-0.1, -0.05) is 48.5 Å². The summed E-state index contributed by atoms with van der Waals surface area (Å²) in [6.07, 6.45) is 0. The number of halogens is 1. The first-order chi connectivity index (χ1) is 13.6. The number of para-hydroxylation sites is 1. The third-order valence-corrected chi connectivity index (χ3v) is 4.45. The molecule has 0 aliphatic heterocycles. The molecule has 28 heavy (non-hydrogen) atoms. The van der Waals surface area contributed by atoms with Gasteiger partial charge < -0.3 is 0 Å². The van der Waals surface area contributed by atoms with Crippen LogP contribution >= 0.6 is 0 Å². The Kier molecular flexibility index (Phi) is 4.72. The molecule has 1 aromatic heterocycles. The van der Waals surface area contributed by atoms with Crippen LogP contribution in [-0.2, 0) is 0 Å². The highest BCUT2D eigenvalue weighted by molar-refractivity contribution is 6.04. The fourth-order valence-electron chi connectivity index (χ4n) is 3.11. The van der Waals surface area contributed by atoms with Crippen LogP contribution in [0.2, 0.25) is 0 Å². The molecule has 4 nitrogen and oxygen atoms in total. The Morgan fingerprint density at radius 3 is 2.14 bits per heavy atom. The minimum atomic E-state index is -0.324. The van der Waals surface area contributed by atoms with E-state index < -0.39 is 0 Å². The largest absolute Gasteiger partial charge is 0.290 e. The number of nitrogens with one attached hydrogen (secondary N) is 1. The van der Waals surface area contributed by atoms with Crippen molar-refractivity contribution in [3.8, 4) is 16.9 Å². The van der Waals surface area contributed by atoms with Gasteiger partial charge in [-0.15, -0.1) is 0 Å². The highest BCUT2D eigenvalue weighted by atomic mass is 19.1. The highest BCUT2D eigenvalue weighted by Crippen LogP contribution is 2.23. The van der Waals surface area contributed by atoms with Crippen LogP contribution in [0.4, 0.5) is 10.1 Å². The second-order valence-electron chi connectivity index (χ2n) is 6.38. The van der Waals surface area contributed by atoms with E-state index in [1.54, 1.807) is 19.1 Å². The molecule has 0 saturated carbocycles. The fraction of sp³-hybridized carbons (Fsp3) is 0.0435. The second kappa shape index (κ2) is 7.48. The summed E-state index contributed by atoms with van der Waals surface area (Å²) in [5, 5.41) is 3.22. The van der Waals surface area contributed by atoms with Gasteiger partial charge in [-0.2, -0.15) is 0 Å². The lowest BCUT2D eigenvalue weighted by Crippen LogP contribution is -2.19. The molecule has 0 spiro atoms. The van der Waals surface area contributed by atoms with Crippen molar-refractivity contribution < 1.29 is 4.39 Å². The molecule has 0 fully saturated rings. The van der Waals surface area contributed by atoms with E-state index >= 15 is 0 Å². The molecule has 1 N–H and O–H groups in total. The van der Waals surface area contributed by atoms with Crippen molar-refractivity contribution in [1.29, 1.82) is 0 Å². The van der Waals surface area contributed by atoms with Crippen molar-refractivity contribution in [2.75, 3.05) is 0 Å². The number of hydrogen-bond acceptors (Lipinski definition) is 2. The number of aromatic amines is 1. The van der Waals surface area contributed by atoms with E-state index in [2.05, 4.69) is 10.1 Å². The summed E-state index contributed by atoms with van der Waals surface area (Å²) in [4.78, 5) is 17.8. The summed E-state index contributed by atoms with van der Waals surface area (Å²) in [6, 6.07) is 24.9. The Balaban J connectivity index is 1.91. The quantitative estimate of drug-likeness (QED) is 0.498. The first kappa shape index (κ1) is 17.7. The van der Waals surface area contributed by atoms with Crippen molar-refractivity contribution in [3.63, 3.8) is 0 Å². The third-order valence-electron chi connectivity index (χ3n) is 4.45. The molecule has 0 saturated heterocycles. The van der Waals surface area contributed by atoms with Crippen LogP contribution in [0.3, 0.4) is 0 Å². The monoisotopic (exact) mass is 371 g/mol. The molecule has 0 radical (unpaired) electrons. The third kappa shape index (κ3) is 3.42. The van der Waals surface area contributed by atoms with Crippen LogP contribution in [0.5, 0.6) is 0 Å². The molecular weight excluding hydrogens is 353 g/mol. The van der Waals surface area contributed by atoms with Crippen LogP contribution in [0.25, 0.3) is 16.9 Å². The zero-order valence-corrected chi connectivity index (χ0v) is 15.3. The van der Waals surface area contributed by atoms with Crippen LogP contribution in [-0.4, -0.2) is 15.5 Å². The van der Waals surface area contributed by atoms with Crippen molar-refractivity contribution >= 4 is 11.4 Å². The van der Waals surface area contributed by atoms with E-state index in [0.717, 1.165) is 11.3 Å². The zero-order valence-electron chi connectivity index (χ0n) is 15.3. The fourth-order valence-corrected chi connectivity index (χ4v) is 3.11. The number of benzene rings is 3. The molecule has 0 amide bonds. The summed E-state index contributed by atoms with van der Waals surface area (Å²) in [5.41, 5.74) is 3.76. The lowest BCUT2D eigenvalue weighted by atomic mass is 10.1. The second-order valence-corrected chi connectivity index (χ2v) is 6.38. The smallest absolute Gasteiger partial charge is 0.280 e. The number of rotatable bonds is 4. The van der Waals surface area contributed by atoms with Crippen molar-refractivity contribution in [1.82, 2.24) is 9.78 Å². The van der Waals surface area contributed by atoms with Gasteiger partial charge in [-0.05, 0) is 43.3 Å². The van der Waals surface area contributed by atoms with Crippen LogP contribution in [0.15, 0.2) is 94.7 Å². The standard InChI is InChI=1S/C23H18FN3O/c1-16(25-19-14-12-18(24)13-15-19)21-22(17-8-4-2-5-9-17)26-27(23(21)28)20-10-6-3-7-11-20/h2-15,26H,1H3. The number of aliphatic imine (C=N–C) groups is 1. The van der Waals surface area contributed by atoms with Gasteiger partial charge in [0, 0.05) is 5.56 Å². The molecule has 0 atom stereocenters. The Hall–Kier alpha value is -3.73. The summed E-state index contributed by atoms with van der Waals surface area (Å²) < 4.78 is 14.7. The predicted octanol–water partition coefficient (Wildman–Crippen LogP) is 5.11. The minimum Gasteiger partial charge on any atom is -0.290 e. The van der Waals surface area contributed by atoms with E-state index in [4.69, 9.17) is 0 Å². The molecule has 4 aromatic rings. The predicted molar refractivity (Wildman–Crippen MR) is 110 cm³/mol. The van der Waals surface area contributed by atoms with Crippen molar-refractivity contribution in [2.45, 2.75) is 6.92 Å². The SMILES string of the molecule is CC(=Nc1ccc(F)cc1)c1c(-c2ccccc2)[nH]n(-c2ccccc2)c1=O. The van der Waals surface area contributed by atoms with Gasteiger partial charge in [-0.3, -0.25) is 14.9 Å². The molecule has 0 unspecified atom stereocenters. The zero-order chi connectivity index (χ0) is 19.5. The van der Waals surface area contributed by atoms with Gasteiger partial charge in [0.25, 0.3) is 5.56 Å². The molecule has 0 bridgehead atoms. The van der Waals surface area contributed by atoms with E-state index in [1.165, 1.54) is 16.8 Å². The van der Waals surface area contributed by atoms with Crippen LogP contribution in [0, 0.1) is 5.82 Å². The maximum absolute atomic E-state index is 13.2. The molecule has 5 heteroatoms. The van der Waals surface area contributed by atoms with E-state index in [9.17, 15) is 9.18 Å². The highest BCUT2D eigenvalue weighted by Gasteiger charge is 2.19. The van der Waals surface area contributed by atoms with Gasteiger partial charge in [0.2, 0.25) is 0 Å². The van der Waals surface area contributed by atoms with Gasteiger partial charge in [0.1, 0.15) is 5.82 Å². The Bertz CT molecular complexity index is 1170. The molecule has 0 aliphatic carbocycles. The van der Waals surface area contributed by atoms with Crippen molar-refractivity contribution in [3.05, 3.63) is 107 Å². The van der Waals surface area contributed by atoms with Crippen molar-refractivity contribution in [2.24, 2.45) is 4.99 Å². The lowest BCUT2D eigenvalue weighted by Gasteiger charge is -2.03. The van der Waals surface area contributed by atoms with Gasteiger partial charge >= 0.3 is 0 Å². The number of hydrogen-bond donors (Lipinski definition) is 1. The summed E-state index contributed by atoms with van der Waals surface area (Å²) in [5.74, 6) is -0.324. The maximum Gasteiger partial charge on any atom is 0.280 e. The number of nitrogens with zero attached hydrogens (tertiary/aromatic N) is 2. The molecule has 3 aromatic carbocycles. The molecule has 4 rings (SSSR count). The van der Waals surface area contributed by atoms with Gasteiger partial charge in [0.15, 0.2) is 0 Å². The molecular formula is C23H18FN3O. The Morgan fingerprint density at radius 1 is 0.893 bits per heavy atom. The van der Waals surface area contributed by atoms with Crippen LogP contribution < -0.4 is 5.56 Å². The molecule has 138 valence electrons. The van der Waals surface area contributed by atoms with Gasteiger partial charge in [0.05, 0.1) is 28.3 Å². The first-order valence-electron chi connectivity index (χ1n) is 8.90. The van der Waals surface area contributed by atoms with E-state index in [0.29, 0.717) is 22.7 Å². The Morgan fingerprint density at radius 2 is 1.50 bits per heavy atom. The number of aromatic nitrogens is 2. The normalized spacial score (nSPS) is 11.6. The molecule has 1 heterocycles. The van der Waals surface area contributed by atoms with E-state index in [-0.39, 0.29) is 11.4 Å². The summed E-state index contributed by atoms with van der Waals surface area (Å²) >= 11 is 0. The lowest BCUT2D eigenvalue weighted by molar-refractivity contribution is 0.628. The van der Waals surface area contributed by atoms with E-state index in [1.807, 2.05) is 60.7 Å². The average Bonchev–Trinajstić information content (AvgIpc) is 3.08. The van der Waals surface area contributed by atoms with Crippen LogP contribution in [0.1, 0.15) is 12.5 Å². The molecule has 0 aliphatic rings. The maximum atomic E-state index is 13.2. The average molecular weight is 371 g/mol. The topological polar surface area (TPSA) is 50.1 Å². The van der Waals surface area contributed by atoms with Gasteiger partial charge in [-0.25, -0.2) is 9.07 Å².